The van der Waals surface area contributed by atoms with E-state index in [0.29, 0.717) is 17.4 Å². The summed E-state index contributed by atoms with van der Waals surface area (Å²) in [7, 11) is 0. The fourth-order valence-electron chi connectivity index (χ4n) is 3.37. The zero-order valence-corrected chi connectivity index (χ0v) is 18.8. The highest BCUT2D eigenvalue weighted by atomic mass is 32.1. The predicted octanol–water partition coefficient (Wildman–Crippen LogP) is 4.17. The molecule has 3 rings (SSSR count). The lowest BCUT2D eigenvalue weighted by atomic mass is 9.97. The van der Waals surface area contributed by atoms with Gasteiger partial charge in [0.25, 0.3) is 0 Å². The first-order valence-corrected chi connectivity index (χ1v) is 11.5. The summed E-state index contributed by atoms with van der Waals surface area (Å²) in [5.41, 5.74) is 9.49. The average Bonchev–Trinajstić information content (AvgIpc) is 3.23. The molecule has 1 aliphatic carbocycles. The van der Waals surface area contributed by atoms with Crippen molar-refractivity contribution in [3.63, 3.8) is 0 Å². The number of carbonyl (C=O) groups excluding carboxylic acids is 1. The van der Waals surface area contributed by atoms with Crippen LogP contribution in [0.15, 0.2) is 64.5 Å². The smallest absolute Gasteiger partial charge is 0.229 e. The monoisotopic (exact) mass is 438 g/mol. The van der Waals surface area contributed by atoms with Crippen molar-refractivity contribution in [1.82, 2.24) is 10.3 Å². The van der Waals surface area contributed by atoms with Crippen molar-refractivity contribution in [2.45, 2.75) is 51.2 Å². The van der Waals surface area contributed by atoms with Gasteiger partial charge in [0.05, 0.1) is 30.3 Å². The summed E-state index contributed by atoms with van der Waals surface area (Å²) in [4.78, 5) is 21.4. The van der Waals surface area contributed by atoms with Gasteiger partial charge in [-0.3, -0.25) is 9.79 Å². The number of thiazole rings is 1. The number of nitrogens with one attached hydrogen (secondary N) is 1. The molecule has 1 aromatic heterocycles. The average molecular weight is 439 g/mol. The van der Waals surface area contributed by atoms with Crippen molar-refractivity contribution in [3.8, 4) is 0 Å². The van der Waals surface area contributed by atoms with E-state index in [-0.39, 0.29) is 17.9 Å². The molecule has 6 nitrogen and oxygen atoms in total. The number of nitrogens with two attached hydrogens (primary N) is 1. The van der Waals surface area contributed by atoms with Gasteiger partial charge in [0.1, 0.15) is 0 Å². The molecule has 0 radical (unpaired) electrons. The number of anilines is 1. The topological polar surface area (TPSA) is 101 Å². The molecule has 0 saturated heterocycles. The minimum atomic E-state index is -0.590. The van der Waals surface area contributed by atoms with Crippen molar-refractivity contribution < 1.29 is 9.90 Å². The normalized spacial score (nSPS) is 18.4. The minimum Gasteiger partial charge on any atom is -0.386 e. The Hall–Kier alpha value is -2.77. The molecule has 164 valence electrons. The number of aromatic nitrogens is 1. The van der Waals surface area contributed by atoms with Crippen molar-refractivity contribution in [1.29, 1.82) is 0 Å². The van der Waals surface area contributed by atoms with Crippen LogP contribution in [0.4, 0.5) is 5.13 Å². The molecule has 1 heterocycles. The maximum absolute atomic E-state index is 12.5. The van der Waals surface area contributed by atoms with E-state index >= 15 is 0 Å². The van der Waals surface area contributed by atoms with Crippen LogP contribution in [0.2, 0.25) is 0 Å². The van der Waals surface area contributed by atoms with E-state index in [9.17, 15) is 9.90 Å². The number of hydrogen-bond donors (Lipinski definition) is 3. The van der Waals surface area contributed by atoms with Crippen molar-refractivity contribution in [2.75, 3.05) is 12.3 Å². The van der Waals surface area contributed by atoms with Crippen LogP contribution in [0, 0.1) is 0 Å². The van der Waals surface area contributed by atoms with Gasteiger partial charge in [0, 0.05) is 17.5 Å². The highest BCUT2D eigenvalue weighted by Gasteiger charge is 2.21. The van der Waals surface area contributed by atoms with Gasteiger partial charge in [-0.15, -0.1) is 11.3 Å². The molecule has 0 bridgehead atoms. The molecular formula is C24H30N4O2S. The molecule has 4 N–H and O–H groups in total. The van der Waals surface area contributed by atoms with Crippen LogP contribution in [0.5, 0.6) is 0 Å². The second-order valence-corrected chi connectivity index (χ2v) is 8.57. The summed E-state index contributed by atoms with van der Waals surface area (Å²) in [6.07, 6.45) is 7.97. The van der Waals surface area contributed by atoms with Crippen LogP contribution in [0.25, 0.3) is 0 Å². The molecule has 1 aliphatic rings. The number of nitrogen functional groups attached to an aromatic ring is 1. The number of nitrogens with zero attached hydrogens (tertiary/aromatic N) is 2. The van der Waals surface area contributed by atoms with Crippen LogP contribution < -0.4 is 11.1 Å². The maximum atomic E-state index is 12.5. The standard InChI is InChI=1S/C24H30N4O2S/c1-3-19(26-14-22(29)18-7-5-4-6-8-18)13-17-9-11-20(12-10-17)27-23(30)16(2)21-15-31-24(25)28-21/h4-11,15-16,20,22,29H,3,12-14H2,1-2H3,(H2,25,28)(H,27,30). The summed E-state index contributed by atoms with van der Waals surface area (Å²) in [5, 5.41) is 15.7. The molecule has 0 aliphatic heterocycles. The summed E-state index contributed by atoms with van der Waals surface area (Å²) in [5.74, 6) is -0.385. The highest BCUT2D eigenvalue weighted by molar-refractivity contribution is 7.13. The predicted molar refractivity (Wildman–Crippen MR) is 127 cm³/mol. The Morgan fingerprint density at radius 1 is 1.39 bits per heavy atom. The number of aliphatic hydroxyl groups is 1. The van der Waals surface area contributed by atoms with Crippen LogP contribution in [-0.2, 0) is 4.79 Å². The molecule has 1 aromatic carbocycles. The Morgan fingerprint density at radius 2 is 2.16 bits per heavy atom. The Balaban J connectivity index is 1.50. The maximum Gasteiger partial charge on any atom is 0.229 e. The molecule has 1 amide bonds. The van der Waals surface area contributed by atoms with Crippen molar-refractivity contribution >= 4 is 28.1 Å². The number of benzene rings is 1. The van der Waals surface area contributed by atoms with E-state index < -0.39 is 6.10 Å². The first-order chi connectivity index (χ1) is 15.0. The van der Waals surface area contributed by atoms with Gasteiger partial charge in [-0.2, -0.15) is 0 Å². The highest BCUT2D eigenvalue weighted by Crippen LogP contribution is 2.21. The van der Waals surface area contributed by atoms with Crippen molar-refractivity contribution in [2.24, 2.45) is 4.99 Å². The lowest BCUT2D eigenvalue weighted by Gasteiger charge is -2.20. The fraction of sp³-hybridized carbons (Fsp3) is 0.375. The van der Waals surface area contributed by atoms with E-state index in [4.69, 9.17) is 5.73 Å². The van der Waals surface area contributed by atoms with Gasteiger partial charge in [-0.25, -0.2) is 4.98 Å². The number of carbonyl (C=O) groups is 1. The van der Waals surface area contributed by atoms with Gasteiger partial charge in [-0.05, 0) is 30.9 Å². The third kappa shape index (κ3) is 6.60. The Labute approximate surface area is 187 Å². The van der Waals surface area contributed by atoms with Gasteiger partial charge in [0.15, 0.2) is 5.13 Å². The molecule has 7 heteroatoms. The molecule has 3 atom stereocenters. The molecule has 3 unspecified atom stereocenters. The molecule has 0 saturated carbocycles. The number of rotatable bonds is 9. The third-order valence-corrected chi connectivity index (χ3v) is 6.06. The van der Waals surface area contributed by atoms with Crippen LogP contribution in [0.1, 0.15) is 56.4 Å². The Morgan fingerprint density at radius 3 is 2.77 bits per heavy atom. The summed E-state index contributed by atoms with van der Waals surface area (Å²) in [6.45, 7) is 4.28. The van der Waals surface area contributed by atoms with Crippen LogP contribution >= 0.6 is 11.3 Å². The van der Waals surface area contributed by atoms with Crippen molar-refractivity contribution in [3.05, 3.63) is 70.8 Å². The number of allylic oxidation sites excluding steroid dienone is 2. The number of hydrogen-bond acceptors (Lipinski definition) is 6. The van der Waals surface area contributed by atoms with E-state index in [1.165, 1.54) is 16.9 Å². The molecule has 31 heavy (non-hydrogen) atoms. The van der Waals surface area contributed by atoms with E-state index in [0.717, 1.165) is 30.5 Å². The zero-order valence-electron chi connectivity index (χ0n) is 18.0. The second-order valence-electron chi connectivity index (χ2n) is 7.68. The summed E-state index contributed by atoms with van der Waals surface area (Å²) < 4.78 is 0. The molecular weight excluding hydrogens is 408 g/mol. The van der Waals surface area contributed by atoms with Gasteiger partial charge >= 0.3 is 0 Å². The number of aliphatic hydroxyl groups excluding tert-OH is 1. The lowest BCUT2D eigenvalue weighted by molar-refractivity contribution is -0.122. The Kier molecular flexibility index (Phi) is 8.14. The first-order valence-electron chi connectivity index (χ1n) is 10.6. The molecule has 0 spiro atoms. The number of amides is 1. The zero-order chi connectivity index (χ0) is 22.2. The van der Waals surface area contributed by atoms with Gasteiger partial charge < -0.3 is 16.2 Å². The van der Waals surface area contributed by atoms with Crippen LogP contribution in [0.3, 0.4) is 0 Å². The Bertz CT molecular complexity index is 965. The fourth-order valence-corrected chi connectivity index (χ4v) is 4.03. The quantitative estimate of drug-likeness (QED) is 0.511. The van der Waals surface area contributed by atoms with Crippen LogP contribution in [-0.4, -0.2) is 34.3 Å². The van der Waals surface area contributed by atoms with Gasteiger partial charge in [0.2, 0.25) is 5.91 Å². The summed E-state index contributed by atoms with van der Waals surface area (Å²) >= 11 is 1.34. The third-order valence-electron chi connectivity index (χ3n) is 5.37. The van der Waals surface area contributed by atoms with E-state index in [1.54, 1.807) is 0 Å². The lowest BCUT2D eigenvalue weighted by Crippen LogP contribution is -2.36. The van der Waals surface area contributed by atoms with Gasteiger partial charge in [-0.1, -0.05) is 55.5 Å². The van der Waals surface area contributed by atoms with E-state index in [2.05, 4.69) is 34.4 Å². The first kappa shape index (κ1) is 22.9. The summed E-state index contributed by atoms with van der Waals surface area (Å²) in [6, 6.07) is 9.57. The largest absolute Gasteiger partial charge is 0.386 e. The molecule has 2 aromatic rings. The van der Waals surface area contributed by atoms with E-state index in [1.807, 2.05) is 48.7 Å². The number of aliphatic imine (C=N–C) groups is 1. The SMILES string of the molecule is CCC(CC1=CCC(NC(=O)C(C)c2csc(N)n2)C=C1)=NCC(O)c1ccccc1. The molecule has 0 fully saturated rings. The second kappa shape index (κ2) is 11.0. The minimum absolute atomic E-state index is 0.0309.